The second-order valence-electron chi connectivity index (χ2n) is 6.47. The van der Waals surface area contributed by atoms with E-state index in [0.717, 1.165) is 31.7 Å². The van der Waals surface area contributed by atoms with Crippen molar-refractivity contribution in [2.45, 2.75) is 32.7 Å². The molecule has 1 aromatic heterocycles. The third-order valence-electron chi connectivity index (χ3n) is 4.41. The van der Waals surface area contributed by atoms with Gasteiger partial charge in [-0.15, -0.1) is 0 Å². The van der Waals surface area contributed by atoms with Crippen molar-refractivity contribution in [2.24, 2.45) is 0 Å². The lowest BCUT2D eigenvalue weighted by Crippen LogP contribution is -2.41. The summed E-state index contributed by atoms with van der Waals surface area (Å²) in [5.74, 6) is -0.279. The molecule has 1 atom stereocenters. The Morgan fingerprint density at radius 2 is 2.04 bits per heavy atom. The quantitative estimate of drug-likeness (QED) is 0.786. The molecule has 2 amide bonds. The maximum atomic E-state index is 14.5. The van der Waals surface area contributed by atoms with Crippen molar-refractivity contribution in [3.8, 4) is 0 Å². The van der Waals surface area contributed by atoms with Crippen LogP contribution in [0.3, 0.4) is 0 Å². The fourth-order valence-electron chi connectivity index (χ4n) is 3.07. The number of fused-ring (bicyclic) bond motifs is 1. The molecule has 2 heterocycles. The van der Waals surface area contributed by atoms with Gasteiger partial charge in [-0.1, -0.05) is 0 Å². The molecular weight excluding hydrogens is 351 g/mol. The van der Waals surface area contributed by atoms with E-state index in [1.165, 1.54) is 13.0 Å². The monoisotopic (exact) mass is 374 g/mol. The van der Waals surface area contributed by atoms with Crippen LogP contribution in [0.1, 0.15) is 26.7 Å². The van der Waals surface area contributed by atoms with Crippen LogP contribution in [0.15, 0.2) is 24.3 Å². The summed E-state index contributed by atoms with van der Waals surface area (Å²) in [5.41, 5.74) is 0.550. The predicted molar refractivity (Wildman–Crippen MR) is 101 cm³/mol. The van der Waals surface area contributed by atoms with Gasteiger partial charge in [-0.2, -0.15) is 0 Å². The van der Waals surface area contributed by atoms with E-state index in [1.54, 1.807) is 19.1 Å². The van der Waals surface area contributed by atoms with Gasteiger partial charge < -0.3 is 20.3 Å². The molecule has 1 aliphatic heterocycles. The van der Waals surface area contributed by atoms with Crippen molar-refractivity contribution in [1.82, 2.24) is 10.3 Å². The van der Waals surface area contributed by atoms with Gasteiger partial charge in [-0.05, 0) is 51.0 Å². The van der Waals surface area contributed by atoms with Gasteiger partial charge in [0.1, 0.15) is 17.4 Å². The zero-order valence-electron chi connectivity index (χ0n) is 15.4. The van der Waals surface area contributed by atoms with Crippen LogP contribution in [-0.2, 0) is 9.53 Å². The average Bonchev–Trinajstić information content (AvgIpc) is 3.16. The van der Waals surface area contributed by atoms with Gasteiger partial charge in [0.25, 0.3) is 0 Å². The molecule has 0 bridgehead atoms. The molecule has 0 radical (unpaired) electrons. The lowest BCUT2D eigenvalue weighted by molar-refractivity contribution is -0.144. The Labute approximate surface area is 156 Å². The van der Waals surface area contributed by atoms with Crippen molar-refractivity contribution in [3.05, 3.63) is 30.1 Å². The fraction of sp³-hybridized carbons (Fsp3) is 0.421. The van der Waals surface area contributed by atoms with Crippen molar-refractivity contribution in [1.29, 1.82) is 0 Å². The Morgan fingerprint density at radius 3 is 2.74 bits per heavy atom. The number of halogens is 1. The number of nitrogens with one attached hydrogen (secondary N) is 2. The fourth-order valence-corrected chi connectivity index (χ4v) is 3.07. The Morgan fingerprint density at radius 1 is 1.30 bits per heavy atom. The van der Waals surface area contributed by atoms with E-state index in [2.05, 4.69) is 20.5 Å². The molecule has 7 nitrogen and oxygen atoms in total. The molecule has 1 unspecified atom stereocenters. The van der Waals surface area contributed by atoms with Crippen molar-refractivity contribution in [3.63, 3.8) is 0 Å². The average molecular weight is 374 g/mol. The summed E-state index contributed by atoms with van der Waals surface area (Å²) in [5, 5.41) is 5.58. The maximum absolute atomic E-state index is 14.5. The largest absolute Gasteiger partial charge is 0.464 e. The number of ether oxygens (including phenoxy) is 1. The minimum Gasteiger partial charge on any atom is -0.464 e. The molecule has 8 heteroatoms. The van der Waals surface area contributed by atoms with Gasteiger partial charge in [-0.3, -0.25) is 0 Å². The Hall–Kier alpha value is -2.90. The van der Waals surface area contributed by atoms with Crippen LogP contribution in [0.25, 0.3) is 10.9 Å². The van der Waals surface area contributed by atoms with Crippen LogP contribution in [0, 0.1) is 5.82 Å². The first-order valence-electron chi connectivity index (χ1n) is 9.07. The molecule has 1 saturated heterocycles. The molecule has 0 spiro atoms. The van der Waals surface area contributed by atoms with Crippen molar-refractivity contribution in [2.75, 3.05) is 29.9 Å². The highest BCUT2D eigenvalue weighted by atomic mass is 19.1. The van der Waals surface area contributed by atoms with E-state index in [-0.39, 0.29) is 17.8 Å². The summed E-state index contributed by atoms with van der Waals surface area (Å²) < 4.78 is 19.4. The molecule has 2 aromatic rings. The first-order chi connectivity index (χ1) is 13.0. The molecule has 2 N–H and O–H groups in total. The van der Waals surface area contributed by atoms with Crippen LogP contribution in [0.2, 0.25) is 0 Å². The number of carbonyl (C=O) groups is 2. The van der Waals surface area contributed by atoms with E-state index < -0.39 is 23.9 Å². The predicted octanol–water partition coefficient (Wildman–Crippen LogP) is 3.05. The first-order valence-corrected chi connectivity index (χ1v) is 9.07. The third-order valence-corrected chi connectivity index (χ3v) is 4.41. The minimum atomic E-state index is -0.806. The van der Waals surface area contributed by atoms with E-state index >= 15 is 0 Å². The summed E-state index contributed by atoms with van der Waals surface area (Å²) in [4.78, 5) is 30.2. The summed E-state index contributed by atoms with van der Waals surface area (Å²) in [6.45, 7) is 5.29. The standard InChI is InChI=1S/C19H23FN4O3/c1-3-27-18(25)12(2)21-19(26)22-14-10-13-6-7-16(24-8-4-5-9-24)23-17(13)15(20)11-14/h6-7,10-12H,3-5,8-9H2,1-2H3,(H2,21,22,26). The van der Waals surface area contributed by atoms with E-state index in [1.807, 2.05) is 6.07 Å². The SMILES string of the molecule is CCOC(=O)C(C)NC(=O)Nc1cc(F)c2nc(N3CCCC3)ccc2c1. The second kappa shape index (κ2) is 8.20. The Bertz CT molecular complexity index is 852. The van der Waals surface area contributed by atoms with E-state index in [4.69, 9.17) is 4.74 Å². The molecule has 1 aromatic carbocycles. The molecule has 1 fully saturated rings. The number of aromatic nitrogens is 1. The van der Waals surface area contributed by atoms with Crippen LogP contribution in [-0.4, -0.2) is 42.7 Å². The number of pyridine rings is 1. The normalized spacial score (nSPS) is 14.9. The second-order valence-corrected chi connectivity index (χ2v) is 6.47. The first kappa shape index (κ1) is 18.9. The number of hydrogen-bond acceptors (Lipinski definition) is 5. The number of rotatable bonds is 5. The summed E-state index contributed by atoms with van der Waals surface area (Å²) in [6.07, 6.45) is 2.23. The molecule has 1 aliphatic rings. The molecular formula is C19H23FN4O3. The number of urea groups is 1. The zero-order valence-corrected chi connectivity index (χ0v) is 15.4. The van der Waals surface area contributed by atoms with E-state index in [9.17, 15) is 14.0 Å². The maximum Gasteiger partial charge on any atom is 0.328 e. The minimum absolute atomic E-state index is 0.231. The topological polar surface area (TPSA) is 83.6 Å². The number of nitrogens with zero attached hydrogens (tertiary/aromatic N) is 2. The number of benzene rings is 1. The molecule has 3 rings (SSSR count). The molecule has 0 saturated carbocycles. The van der Waals surface area contributed by atoms with Gasteiger partial charge in [0, 0.05) is 24.2 Å². The summed E-state index contributed by atoms with van der Waals surface area (Å²) >= 11 is 0. The van der Waals surface area contributed by atoms with Crippen LogP contribution >= 0.6 is 0 Å². The molecule has 144 valence electrons. The van der Waals surface area contributed by atoms with Crippen molar-refractivity contribution >= 4 is 34.4 Å². The highest BCUT2D eigenvalue weighted by Crippen LogP contribution is 2.26. The van der Waals surface area contributed by atoms with Gasteiger partial charge in [0.15, 0.2) is 5.82 Å². The van der Waals surface area contributed by atoms with Gasteiger partial charge >= 0.3 is 12.0 Å². The van der Waals surface area contributed by atoms with Crippen LogP contribution in [0.4, 0.5) is 20.7 Å². The Balaban J connectivity index is 1.73. The van der Waals surface area contributed by atoms with E-state index in [0.29, 0.717) is 5.39 Å². The third kappa shape index (κ3) is 4.45. The van der Waals surface area contributed by atoms with Gasteiger partial charge in [0.2, 0.25) is 0 Å². The number of anilines is 2. The van der Waals surface area contributed by atoms with Gasteiger partial charge in [0.05, 0.1) is 6.61 Å². The zero-order chi connectivity index (χ0) is 19.4. The highest BCUT2D eigenvalue weighted by Gasteiger charge is 2.18. The summed E-state index contributed by atoms with van der Waals surface area (Å²) in [6, 6.07) is 5.10. The smallest absolute Gasteiger partial charge is 0.328 e. The molecule has 27 heavy (non-hydrogen) atoms. The summed E-state index contributed by atoms with van der Waals surface area (Å²) in [7, 11) is 0. The van der Waals surface area contributed by atoms with Crippen molar-refractivity contribution < 1.29 is 18.7 Å². The Kier molecular flexibility index (Phi) is 5.73. The lowest BCUT2D eigenvalue weighted by Gasteiger charge is -2.17. The van der Waals surface area contributed by atoms with Crippen LogP contribution in [0.5, 0.6) is 0 Å². The number of amides is 2. The number of hydrogen-bond donors (Lipinski definition) is 2. The van der Waals surface area contributed by atoms with Crippen LogP contribution < -0.4 is 15.5 Å². The number of esters is 1. The highest BCUT2D eigenvalue weighted by molar-refractivity contribution is 5.95. The van der Waals surface area contributed by atoms with Gasteiger partial charge in [-0.25, -0.2) is 19.0 Å². The lowest BCUT2D eigenvalue weighted by atomic mass is 10.2. The molecule has 0 aliphatic carbocycles. The number of carbonyl (C=O) groups excluding carboxylic acids is 2.